The molecule has 0 aliphatic heterocycles. The average Bonchev–Trinajstić information content (AvgIpc) is 2.31. The summed E-state index contributed by atoms with van der Waals surface area (Å²) in [6.07, 6.45) is 0.945. The lowest BCUT2D eigenvalue weighted by molar-refractivity contribution is 0.137. The van der Waals surface area contributed by atoms with Crippen molar-refractivity contribution in [1.29, 1.82) is 0 Å². The third-order valence-corrected chi connectivity index (χ3v) is 4.61. The van der Waals surface area contributed by atoms with Crippen molar-refractivity contribution in [3.8, 4) is 0 Å². The molecular weight excluding hydrogens is 262 g/mol. The lowest BCUT2D eigenvalue weighted by atomic mass is 10.1. The Bertz CT molecular complexity index is 509. The molecule has 1 rings (SSSR count). The predicted molar refractivity (Wildman–Crippen MR) is 77.9 cm³/mol. The summed E-state index contributed by atoms with van der Waals surface area (Å²) in [6.45, 7) is 6.86. The zero-order valence-electron chi connectivity index (χ0n) is 11.8. The van der Waals surface area contributed by atoms with E-state index < -0.39 is 9.84 Å². The third-order valence-electron chi connectivity index (χ3n) is 2.94. The van der Waals surface area contributed by atoms with Gasteiger partial charge in [0.2, 0.25) is 0 Å². The smallest absolute Gasteiger partial charge is 0.180 e. The summed E-state index contributed by atoms with van der Waals surface area (Å²) in [5.41, 5.74) is 7.06. The number of nitrogens with two attached hydrogens (primary N) is 1. The molecule has 4 nitrogen and oxygen atoms in total. The first-order valence-corrected chi connectivity index (χ1v) is 8.15. The highest BCUT2D eigenvalue weighted by molar-refractivity contribution is 7.91. The number of anilines is 1. The molecule has 5 heteroatoms. The number of ether oxygens (including phenoxy) is 1. The van der Waals surface area contributed by atoms with Crippen LogP contribution in [0.4, 0.5) is 5.69 Å². The van der Waals surface area contributed by atoms with Crippen LogP contribution >= 0.6 is 0 Å². The van der Waals surface area contributed by atoms with Crippen LogP contribution in [0.15, 0.2) is 23.1 Å². The molecule has 0 fully saturated rings. The molecule has 1 aromatic carbocycles. The Labute approximate surface area is 115 Å². The fourth-order valence-corrected chi connectivity index (χ4v) is 2.75. The molecule has 0 unspecified atom stereocenters. The van der Waals surface area contributed by atoms with Crippen LogP contribution in [0.5, 0.6) is 0 Å². The van der Waals surface area contributed by atoms with Gasteiger partial charge < -0.3 is 10.5 Å². The van der Waals surface area contributed by atoms with Gasteiger partial charge in [0.1, 0.15) is 0 Å². The van der Waals surface area contributed by atoms with E-state index >= 15 is 0 Å². The van der Waals surface area contributed by atoms with Crippen LogP contribution in [0, 0.1) is 12.8 Å². The van der Waals surface area contributed by atoms with E-state index in [0.29, 0.717) is 23.1 Å². The van der Waals surface area contributed by atoms with E-state index in [2.05, 4.69) is 13.8 Å². The van der Waals surface area contributed by atoms with Crippen molar-refractivity contribution in [3.63, 3.8) is 0 Å². The van der Waals surface area contributed by atoms with Crippen molar-refractivity contribution < 1.29 is 13.2 Å². The van der Waals surface area contributed by atoms with Gasteiger partial charge in [-0.3, -0.25) is 0 Å². The van der Waals surface area contributed by atoms with Crippen LogP contribution in [0.3, 0.4) is 0 Å². The highest BCUT2D eigenvalue weighted by Crippen LogP contribution is 2.18. The molecule has 0 atom stereocenters. The zero-order valence-corrected chi connectivity index (χ0v) is 12.7. The largest absolute Gasteiger partial charge is 0.399 e. The lowest BCUT2D eigenvalue weighted by Crippen LogP contribution is -2.14. The monoisotopic (exact) mass is 285 g/mol. The van der Waals surface area contributed by atoms with Crippen molar-refractivity contribution in [2.75, 3.05) is 24.7 Å². The fourth-order valence-electron chi connectivity index (χ4n) is 1.55. The van der Waals surface area contributed by atoms with Gasteiger partial charge in [-0.2, -0.15) is 0 Å². The zero-order chi connectivity index (χ0) is 14.5. The summed E-state index contributed by atoms with van der Waals surface area (Å²) in [5, 5.41) is 0. The molecule has 0 aliphatic carbocycles. The van der Waals surface area contributed by atoms with E-state index in [9.17, 15) is 8.42 Å². The van der Waals surface area contributed by atoms with Crippen LogP contribution in [0.2, 0.25) is 0 Å². The van der Waals surface area contributed by atoms with Crippen molar-refractivity contribution in [2.24, 2.45) is 5.92 Å². The van der Waals surface area contributed by atoms with Crippen LogP contribution in [-0.4, -0.2) is 27.4 Å². The highest BCUT2D eigenvalue weighted by atomic mass is 32.2. The van der Waals surface area contributed by atoms with Gasteiger partial charge in [-0.25, -0.2) is 8.42 Å². The van der Waals surface area contributed by atoms with Gasteiger partial charge >= 0.3 is 0 Å². The summed E-state index contributed by atoms with van der Waals surface area (Å²) in [5.74, 6) is 0.574. The number of hydrogen-bond donors (Lipinski definition) is 1. The number of rotatable bonds is 7. The summed E-state index contributed by atoms with van der Waals surface area (Å²) in [6, 6.07) is 4.78. The van der Waals surface area contributed by atoms with Gasteiger partial charge in [0.15, 0.2) is 9.84 Å². The number of nitrogen functional groups attached to an aromatic ring is 1. The summed E-state index contributed by atoms with van der Waals surface area (Å²) < 4.78 is 29.5. The SMILES string of the molecule is Cc1cc(S(=O)(=O)CCOCCC(C)C)ccc1N. The van der Waals surface area contributed by atoms with E-state index in [1.165, 1.54) is 0 Å². The van der Waals surface area contributed by atoms with Crippen LogP contribution in [-0.2, 0) is 14.6 Å². The minimum Gasteiger partial charge on any atom is -0.399 e. The first kappa shape index (κ1) is 16.0. The van der Waals surface area contributed by atoms with Gasteiger partial charge in [-0.15, -0.1) is 0 Å². The Morgan fingerprint density at radius 3 is 2.53 bits per heavy atom. The van der Waals surface area contributed by atoms with Crippen LogP contribution in [0.1, 0.15) is 25.8 Å². The Kier molecular flexibility index (Phi) is 5.82. The molecule has 2 N–H and O–H groups in total. The molecule has 0 saturated heterocycles. The van der Waals surface area contributed by atoms with Gasteiger partial charge in [-0.05, 0) is 43.0 Å². The summed E-state index contributed by atoms with van der Waals surface area (Å²) >= 11 is 0. The number of sulfone groups is 1. The van der Waals surface area contributed by atoms with E-state index in [0.717, 1.165) is 12.0 Å². The number of benzene rings is 1. The topological polar surface area (TPSA) is 69.4 Å². The van der Waals surface area contributed by atoms with E-state index in [1.54, 1.807) is 25.1 Å². The van der Waals surface area contributed by atoms with Crippen molar-refractivity contribution in [2.45, 2.75) is 32.1 Å². The van der Waals surface area contributed by atoms with Gasteiger partial charge in [-0.1, -0.05) is 13.8 Å². The Morgan fingerprint density at radius 1 is 1.26 bits per heavy atom. The second kappa shape index (κ2) is 6.91. The first-order chi connectivity index (χ1) is 8.83. The predicted octanol–water partition coefficient (Wildman–Crippen LogP) is 2.41. The average molecular weight is 285 g/mol. The van der Waals surface area contributed by atoms with Gasteiger partial charge in [0.05, 0.1) is 17.3 Å². The van der Waals surface area contributed by atoms with Crippen LogP contribution in [0.25, 0.3) is 0 Å². The molecule has 0 aromatic heterocycles. The second-order valence-corrected chi connectivity index (χ2v) is 7.24. The second-order valence-electron chi connectivity index (χ2n) is 5.13. The van der Waals surface area contributed by atoms with E-state index in [-0.39, 0.29) is 12.4 Å². The lowest BCUT2D eigenvalue weighted by Gasteiger charge is -2.08. The van der Waals surface area contributed by atoms with Crippen LogP contribution < -0.4 is 5.73 Å². The van der Waals surface area contributed by atoms with Crippen molar-refractivity contribution >= 4 is 15.5 Å². The maximum absolute atomic E-state index is 12.1. The fraction of sp³-hybridized carbons (Fsp3) is 0.571. The summed E-state index contributed by atoms with van der Waals surface area (Å²) in [4.78, 5) is 0.312. The maximum Gasteiger partial charge on any atom is 0.180 e. The van der Waals surface area contributed by atoms with Gasteiger partial charge in [0, 0.05) is 12.3 Å². The minimum atomic E-state index is -3.28. The molecular formula is C14H23NO3S. The molecule has 0 spiro atoms. The maximum atomic E-state index is 12.1. The number of hydrogen-bond acceptors (Lipinski definition) is 4. The highest BCUT2D eigenvalue weighted by Gasteiger charge is 2.14. The van der Waals surface area contributed by atoms with E-state index in [4.69, 9.17) is 10.5 Å². The molecule has 0 amide bonds. The molecule has 19 heavy (non-hydrogen) atoms. The normalized spacial score (nSPS) is 12.0. The summed E-state index contributed by atoms with van der Waals surface area (Å²) in [7, 11) is -3.28. The Morgan fingerprint density at radius 2 is 1.95 bits per heavy atom. The third kappa shape index (κ3) is 5.20. The minimum absolute atomic E-state index is 0.00839. The molecule has 0 radical (unpaired) electrons. The molecule has 0 bridgehead atoms. The van der Waals surface area contributed by atoms with E-state index in [1.807, 2.05) is 0 Å². The molecule has 108 valence electrons. The van der Waals surface area contributed by atoms with Gasteiger partial charge in [0.25, 0.3) is 0 Å². The quantitative estimate of drug-likeness (QED) is 0.617. The first-order valence-electron chi connectivity index (χ1n) is 6.49. The standard InChI is InChI=1S/C14H23NO3S/c1-11(2)6-7-18-8-9-19(16,17)13-4-5-14(15)12(3)10-13/h4-5,10-11H,6-9,15H2,1-3H3. The number of aryl methyl sites for hydroxylation is 1. The molecule has 0 saturated carbocycles. The van der Waals surface area contributed by atoms with Crippen molar-refractivity contribution in [3.05, 3.63) is 23.8 Å². The Hall–Kier alpha value is -1.07. The van der Waals surface area contributed by atoms with Crippen molar-refractivity contribution in [1.82, 2.24) is 0 Å². The molecule has 1 aromatic rings. The molecule has 0 heterocycles. The molecule has 0 aliphatic rings. The Balaban J connectivity index is 2.54.